The maximum Gasteiger partial charge on any atom is 0.338 e. The van der Waals surface area contributed by atoms with Crippen LogP contribution in [0.3, 0.4) is 0 Å². The van der Waals surface area contributed by atoms with E-state index >= 15 is 0 Å². The molecule has 0 aliphatic carbocycles. The zero-order valence-electron chi connectivity index (χ0n) is 11.6. The normalized spacial score (nSPS) is 10.1. The molecular formula is C14H11N3O5S. The summed E-state index contributed by atoms with van der Waals surface area (Å²) in [4.78, 5) is 37.2. The van der Waals surface area contributed by atoms with Gasteiger partial charge in [-0.25, -0.2) is 9.78 Å². The van der Waals surface area contributed by atoms with Crippen LogP contribution in [0.15, 0.2) is 47.6 Å². The molecule has 0 saturated heterocycles. The van der Waals surface area contributed by atoms with Crippen molar-refractivity contribution in [1.82, 2.24) is 4.98 Å². The number of hydrogen-bond acceptors (Lipinski definition) is 6. The van der Waals surface area contributed by atoms with Gasteiger partial charge in [-0.3, -0.25) is 14.9 Å². The van der Waals surface area contributed by atoms with Crippen molar-refractivity contribution < 1.29 is 19.6 Å². The summed E-state index contributed by atoms with van der Waals surface area (Å²) in [6.45, 7) is 0. The van der Waals surface area contributed by atoms with E-state index in [2.05, 4.69) is 10.3 Å². The number of carboxylic acids is 1. The lowest BCUT2D eigenvalue weighted by Crippen LogP contribution is -2.15. The van der Waals surface area contributed by atoms with E-state index in [4.69, 9.17) is 5.11 Å². The molecule has 2 aromatic rings. The molecule has 0 aliphatic heterocycles. The van der Waals surface area contributed by atoms with Crippen molar-refractivity contribution in [1.29, 1.82) is 0 Å². The van der Waals surface area contributed by atoms with Crippen molar-refractivity contribution in [2.24, 2.45) is 0 Å². The highest BCUT2D eigenvalue weighted by Crippen LogP contribution is 2.24. The van der Waals surface area contributed by atoms with Gasteiger partial charge >= 0.3 is 5.97 Å². The molecule has 1 aromatic heterocycles. The van der Waals surface area contributed by atoms with Crippen LogP contribution < -0.4 is 5.32 Å². The maximum atomic E-state index is 11.9. The standard InChI is InChI=1S/C14H11N3O5S/c18-12(16-10-5-1-2-6-11(10)17(21)22)8-23-13-9(14(19)20)4-3-7-15-13/h1-7H,8H2,(H,16,18)(H,19,20). The molecule has 0 unspecified atom stereocenters. The van der Waals surface area contributed by atoms with E-state index in [1.165, 1.54) is 36.5 Å². The number of carboxylic acid groups (broad SMARTS) is 1. The molecule has 0 fully saturated rings. The second-order valence-corrected chi connectivity index (χ2v) is 5.24. The first-order chi connectivity index (χ1) is 11.0. The predicted molar refractivity (Wildman–Crippen MR) is 83.6 cm³/mol. The Bertz CT molecular complexity index is 766. The lowest BCUT2D eigenvalue weighted by atomic mass is 10.2. The van der Waals surface area contributed by atoms with Gasteiger partial charge in [0.2, 0.25) is 5.91 Å². The molecule has 0 bridgehead atoms. The van der Waals surface area contributed by atoms with E-state index in [-0.39, 0.29) is 27.7 Å². The summed E-state index contributed by atoms with van der Waals surface area (Å²) in [5.41, 5.74) is -0.131. The van der Waals surface area contributed by atoms with Crippen LogP contribution in [0.5, 0.6) is 0 Å². The zero-order valence-corrected chi connectivity index (χ0v) is 12.4. The van der Waals surface area contributed by atoms with Crippen molar-refractivity contribution in [3.05, 3.63) is 58.3 Å². The average Bonchev–Trinajstić information content (AvgIpc) is 2.53. The van der Waals surface area contributed by atoms with E-state index in [1.807, 2.05) is 0 Å². The molecule has 0 aliphatic rings. The molecule has 2 rings (SSSR count). The Balaban J connectivity index is 2.04. The number of hydrogen-bond donors (Lipinski definition) is 2. The van der Waals surface area contributed by atoms with Gasteiger partial charge < -0.3 is 10.4 Å². The third-order valence-electron chi connectivity index (χ3n) is 2.72. The Morgan fingerprint density at radius 1 is 1.26 bits per heavy atom. The van der Waals surface area contributed by atoms with Gasteiger partial charge in [-0.05, 0) is 18.2 Å². The quantitative estimate of drug-likeness (QED) is 0.473. The summed E-state index contributed by atoms with van der Waals surface area (Å²) in [6, 6.07) is 8.64. The molecule has 1 heterocycles. The van der Waals surface area contributed by atoms with E-state index in [0.29, 0.717) is 0 Å². The minimum absolute atomic E-state index is 0.00371. The Morgan fingerprint density at radius 3 is 2.70 bits per heavy atom. The van der Waals surface area contributed by atoms with E-state index in [0.717, 1.165) is 11.8 Å². The highest BCUT2D eigenvalue weighted by Gasteiger charge is 2.16. The maximum absolute atomic E-state index is 11.9. The fourth-order valence-electron chi connectivity index (χ4n) is 1.73. The molecule has 23 heavy (non-hydrogen) atoms. The molecule has 8 nitrogen and oxygen atoms in total. The highest BCUT2D eigenvalue weighted by molar-refractivity contribution is 8.00. The van der Waals surface area contributed by atoms with Crippen molar-refractivity contribution in [3.8, 4) is 0 Å². The smallest absolute Gasteiger partial charge is 0.338 e. The first-order valence-corrected chi connectivity index (χ1v) is 7.32. The van der Waals surface area contributed by atoms with Crippen molar-refractivity contribution in [2.45, 2.75) is 5.03 Å². The van der Waals surface area contributed by atoms with Crippen LogP contribution in [0, 0.1) is 10.1 Å². The number of aromatic carboxylic acids is 1. The number of anilines is 1. The van der Waals surface area contributed by atoms with Crippen LogP contribution in [0.4, 0.5) is 11.4 Å². The van der Waals surface area contributed by atoms with Crippen molar-refractivity contribution in [3.63, 3.8) is 0 Å². The van der Waals surface area contributed by atoms with Gasteiger partial charge in [0.1, 0.15) is 10.7 Å². The molecule has 0 atom stereocenters. The SMILES string of the molecule is O=C(CSc1ncccc1C(=O)O)Nc1ccccc1[N+](=O)[O-]. The fourth-order valence-corrected chi connectivity index (χ4v) is 2.51. The molecule has 0 spiro atoms. The van der Waals surface area contributed by atoms with Crippen LogP contribution in [0.1, 0.15) is 10.4 Å². The van der Waals surface area contributed by atoms with Gasteiger partial charge in [0, 0.05) is 12.3 Å². The number of thioether (sulfide) groups is 1. The van der Waals surface area contributed by atoms with Gasteiger partial charge in [-0.15, -0.1) is 0 Å². The van der Waals surface area contributed by atoms with Gasteiger partial charge in [-0.1, -0.05) is 23.9 Å². The van der Waals surface area contributed by atoms with E-state index in [1.54, 1.807) is 6.07 Å². The Morgan fingerprint density at radius 2 is 2.00 bits per heavy atom. The number of carbonyl (C=O) groups excluding carboxylic acids is 1. The highest BCUT2D eigenvalue weighted by atomic mass is 32.2. The van der Waals surface area contributed by atoms with Gasteiger partial charge in [0.15, 0.2) is 0 Å². The fraction of sp³-hybridized carbons (Fsp3) is 0.0714. The van der Waals surface area contributed by atoms with Crippen LogP contribution in [-0.2, 0) is 4.79 Å². The Kier molecular flexibility index (Phi) is 5.26. The third-order valence-corrected chi connectivity index (χ3v) is 3.72. The second-order valence-electron chi connectivity index (χ2n) is 4.27. The molecule has 0 radical (unpaired) electrons. The Labute approximate surface area is 134 Å². The van der Waals surface area contributed by atoms with Gasteiger partial charge in [-0.2, -0.15) is 0 Å². The van der Waals surface area contributed by atoms with E-state index < -0.39 is 16.8 Å². The second kappa shape index (κ2) is 7.36. The van der Waals surface area contributed by atoms with Crippen LogP contribution >= 0.6 is 11.8 Å². The summed E-state index contributed by atoms with van der Waals surface area (Å²) in [7, 11) is 0. The van der Waals surface area contributed by atoms with Gasteiger partial charge in [0.25, 0.3) is 5.69 Å². The summed E-state index contributed by atoms with van der Waals surface area (Å²) < 4.78 is 0. The number of carbonyl (C=O) groups is 2. The average molecular weight is 333 g/mol. The summed E-state index contributed by atoms with van der Waals surface area (Å²) in [5.74, 6) is -1.76. The lowest BCUT2D eigenvalue weighted by Gasteiger charge is -2.06. The number of nitrogens with zero attached hydrogens (tertiary/aromatic N) is 2. The van der Waals surface area contributed by atoms with Crippen molar-refractivity contribution >= 4 is 35.0 Å². The first-order valence-electron chi connectivity index (χ1n) is 6.33. The van der Waals surface area contributed by atoms with E-state index in [9.17, 15) is 19.7 Å². The largest absolute Gasteiger partial charge is 0.478 e. The number of amides is 1. The molecule has 2 N–H and O–H groups in total. The Hall–Kier alpha value is -2.94. The number of rotatable bonds is 6. The topological polar surface area (TPSA) is 122 Å². The summed E-state index contributed by atoms with van der Waals surface area (Å²) in [6.07, 6.45) is 1.43. The zero-order chi connectivity index (χ0) is 16.8. The third kappa shape index (κ3) is 4.27. The predicted octanol–water partition coefficient (Wildman–Crippen LogP) is 2.42. The van der Waals surface area contributed by atoms with Crippen LogP contribution in [0.2, 0.25) is 0 Å². The van der Waals surface area contributed by atoms with Crippen molar-refractivity contribution in [2.75, 3.05) is 11.1 Å². The number of benzene rings is 1. The summed E-state index contributed by atoms with van der Waals surface area (Å²) >= 11 is 0.943. The molecule has 1 aromatic carbocycles. The number of para-hydroxylation sites is 2. The van der Waals surface area contributed by atoms with Crippen LogP contribution in [-0.4, -0.2) is 32.6 Å². The number of nitro groups is 1. The molecule has 1 amide bonds. The lowest BCUT2D eigenvalue weighted by molar-refractivity contribution is -0.383. The number of nitrogens with one attached hydrogen (secondary N) is 1. The molecule has 9 heteroatoms. The summed E-state index contributed by atoms with van der Waals surface area (Å²) in [5, 5.41) is 22.6. The molecular weight excluding hydrogens is 322 g/mol. The minimum Gasteiger partial charge on any atom is -0.478 e. The monoisotopic (exact) mass is 333 g/mol. The van der Waals surface area contributed by atoms with Gasteiger partial charge in [0.05, 0.1) is 16.2 Å². The van der Waals surface area contributed by atoms with Crippen LogP contribution in [0.25, 0.3) is 0 Å². The number of pyridine rings is 1. The number of nitro benzene ring substituents is 1. The molecule has 118 valence electrons. The molecule has 0 saturated carbocycles. The number of aromatic nitrogens is 1. The first kappa shape index (κ1) is 16.4. The minimum atomic E-state index is -1.14.